The lowest BCUT2D eigenvalue weighted by atomic mass is 9.75. The SMILES string of the molecule is Cc1ccccc1-n1c(C)c2[n+](c1C1CCCCC1)C(C)(C)C=C2.Cc1ccccc1-n1c(C)c2[n+](c1C1CCCCC1)C(C)(C1CCCC1)C=C2.Cc1ccccc1-n1c(C)c2[n+](c1C1CCCCC1)C(C)(C1CCCCC1)C=C2.Cc1ccccc1-n1c(C)c2[n+](c1C1CCCCC1)C(C)(c1ccccc1)C=C2.[2H]C1(C)C=Cc2c(C)n(-c3ccccc3C)c(C3CCCCC3)[n+]21. The van der Waals surface area contributed by atoms with Gasteiger partial charge < -0.3 is 0 Å². The number of fused-ring (bicyclic) bond motifs is 5. The molecule has 12 aliphatic rings. The van der Waals surface area contributed by atoms with Crippen LogP contribution >= 0.6 is 0 Å². The molecule has 23 rings (SSSR count). The number of nitrogens with zero attached hydrogens (tertiary/aromatic N) is 10. The topological polar surface area (TPSA) is 44.0 Å². The van der Waals surface area contributed by atoms with Gasteiger partial charge >= 0.3 is 0 Å². The van der Waals surface area contributed by atoms with Crippen LogP contribution in [0.25, 0.3) is 58.8 Å². The maximum atomic E-state index is 8.82. The minimum Gasteiger partial charge on any atom is -0.221 e. The molecular formula is C123H159N10+5. The summed E-state index contributed by atoms with van der Waals surface area (Å²) in [5, 5.41) is 0. The molecule has 696 valence electrons. The highest BCUT2D eigenvalue weighted by atomic mass is 15.3. The fourth-order valence-electron chi connectivity index (χ4n) is 27.5. The van der Waals surface area contributed by atoms with Crippen LogP contribution in [0.1, 0.15) is 416 Å². The molecule has 11 aromatic rings. The number of aromatic nitrogens is 10. The van der Waals surface area contributed by atoms with E-state index in [0.717, 1.165) is 11.8 Å². The van der Waals surface area contributed by atoms with Gasteiger partial charge in [-0.25, -0.2) is 22.8 Å². The van der Waals surface area contributed by atoms with E-state index in [-0.39, 0.29) is 22.2 Å². The van der Waals surface area contributed by atoms with E-state index in [1.807, 2.05) is 13.0 Å². The van der Waals surface area contributed by atoms with Gasteiger partial charge in [0.05, 0.1) is 31.0 Å². The van der Waals surface area contributed by atoms with E-state index in [0.29, 0.717) is 29.6 Å². The van der Waals surface area contributed by atoms with E-state index in [1.165, 1.54) is 355 Å². The van der Waals surface area contributed by atoms with Crippen molar-refractivity contribution in [3.8, 4) is 28.4 Å². The zero-order valence-electron chi connectivity index (χ0n) is 85.3. The number of benzene rings is 6. The van der Waals surface area contributed by atoms with Gasteiger partial charge in [-0.15, -0.1) is 0 Å². The zero-order valence-corrected chi connectivity index (χ0v) is 84.3. The Balaban J connectivity index is 0.000000108. The molecule has 0 radical (unpaired) electrons. The highest BCUT2D eigenvalue weighted by molar-refractivity contribution is 5.59. The van der Waals surface area contributed by atoms with Crippen LogP contribution in [0.3, 0.4) is 0 Å². The highest BCUT2D eigenvalue weighted by Gasteiger charge is 2.54. The molecule has 133 heavy (non-hydrogen) atoms. The maximum absolute atomic E-state index is 8.82. The van der Waals surface area contributed by atoms with Crippen molar-refractivity contribution in [1.82, 2.24) is 22.8 Å². The number of para-hydroxylation sites is 5. The van der Waals surface area contributed by atoms with E-state index in [9.17, 15) is 0 Å². The molecule has 5 aromatic heterocycles. The molecule has 0 amide bonds. The Labute approximate surface area is 800 Å². The molecule has 10 nitrogen and oxygen atoms in total. The maximum Gasteiger partial charge on any atom is 0.266 e. The van der Waals surface area contributed by atoms with Gasteiger partial charge in [0, 0.05) is 52.0 Å². The molecule has 0 N–H and O–H groups in total. The van der Waals surface area contributed by atoms with E-state index in [1.54, 1.807) is 11.6 Å². The molecule has 7 fully saturated rings. The van der Waals surface area contributed by atoms with E-state index < -0.39 is 6.02 Å². The lowest BCUT2D eigenvalue weighted by molar-refractivity contribution is -0.761. The molecule has 0 saturated heterocycles. The summed E-state index contributed by atoms with van der Waals surface area (Å²) in [6.45, 7) is 36.8. The van der Waals surface area contributed by atoms with Gasteiger partial charge in [0.2, 0.25) is 0 Å². The van der Waals surface area contributed by atoms with Gasteiger partial charge in [0.1, 0.15) is 51.1 Å². The lowest BCUT2D eigenvalue weighted by Gasteiger charge is -2.35. The van der Waals surface area contributed by atoms with Gasteiger partial charge in [0.25, 0.3) is 29.1 Å². The molecule has 4 atom stereocenters. The van der Waals surface area contributed by atoms with Gasteiger partial charge in [0.15, 0.2) is 62.5 Å². The average molecular weight is 1780 g/mol. The molecule has 4 unspecified atom stereocenters. The third-order valence-electron chi connectivity index (χ3n) is 34.8. The third-order valence-corrected chi connectivity index (χ3v) is 34.8. The minimum atomic E-state index is -0.680. The van der Waals surface area contributed by atoms with Crippen LogP contribution in [0.2, 0.25) is 0 Å². The number of aryl methyl sites for hydroxylation is 5. The smallest absolute Gasteiger partial charge is 0.221 e. The summed E-state index contributed by atoms with van der Waals surface area (Å²) in [6, 6.07) is 54.5. The van der Waals surface area contributed by atoms with Crippen molar-refractivity contribution in [2.45, 2.75) is 387 Å². The molecule has 10 heteroatoms. The first-order valence-corrected chi connectivity index (χ1v) is 53.0. The van der Waals surface area contributed by atoms with Crippen molar-refractivity contribution >= 4 is 30.4 Å². The number of rotatable bonds is 13. The van der Waals surface area contributed by atoms with Crippen LogP contribution in [0.4, 0.5) is 0 Å². The summed E-state index contributed by atoms with van der Waals surface area (Å²) in [5.41, 5.74) is 28.8. The van der Waals surface area contributed by atoms with Crippen molar-refractivity contribution < 1.29 is 24.2 Å². The Morgan fingerprint density at radius 2 is 0.519 bits per heavy atom. The second-order valence-corrected chi connectivity index (χ2v) is 43.8. The Hall–Kier alpha value is -9.93. The summed E-state index contributed by atoms with van der Waals surface area (Å²) < 4.78 is 34.8. The van der Waals surface area contributed by atoms with Crippen molar-refractivity contribution in [3.63, 3.8) is 0 Å². The van der Waals surface area contributed by atoms with Crippen molar-refractivity contribution in [3.05, 3.63) is 301 Å². The van der Waals surface area contributed by atoms with Crippen LogP contribution in [-0.4, -0.2) is 22.8 Å². The summed E-state index contributed by atoms with van der Waals surface area (Å²) in [5.74, 6) is 12.3. The van der Waals surface area contributed by atoms with Crippen LogP contribution in [0.5, 0.6) is 0 Å². The summed E-state index contributed by atoms with van der Waals surface area (Å²) in [6.07, 6.45) is 69.7. The number of hydrogen-bond donors (Lipinski definition) is 0. The molecule has 10 heterocycles. The largest absolute Gasteiger partial charge is 0.266 e. The van der Waals surface area contributed by atoms with Crippen molar-refractivity contribution in [2.75, 3.05) is 0 Å². The van der Waals surface area contributed by atoms with E-state index >= 15 is 0 Å². The van der Waals surface area contributed by atoms with Crippen LogP contribution < -0.4 is 22.8 Å². The number of allylic oxidation sites excluding steroid dienone is 5. The van der Waals surface area contributed by atoms with Crippen LogP contribution in [0, 0.1) is 81.1 Å². The predicted octanol–water partition coefficient (Wildman–Crippen LogP) is 29.5. The van der Waals surface area contributed by atoms with Gasteiger partial charge in [-0.1, -0.05) is 250 Å². The molecule has 5 aliphatic heterocycles. The lowest BCUT2D eigenvalue weighted by Crippen LogP contribution is -2.59. The molecule has 7 aliphatic carbocycles. The number of hydrogen-bond acceptors (Lipinski definition) is 0. The van der Waals surface area contributed by atoms with Gasteiger partial charge in [-0.2, -0.15) is 22.8 Å². The minimum absolute atomic E-state index is 0.0702. The summed E-state index contributed by atoms with van der Waals surface area (Å²) >= 11 is 0. The van der Waals surface area contributed by atoms with Gasteiger partial charge in [-0.3, -0.25) is 0 Å². The Kier molecular flexibility index (Phi) is 26.4. The first kappa shape index (κ1) is 90.9. The van der Waals surface area contributed by atoms with Crippen molar-refractivity contribution in [2.24, 2.45) is 11.8 Å². The average Bonchev–Trinajstić information content (AvgIpc) is 1.56. The summed E-state index contributed by atoms with van der Waals surface area (Å²) in [4.78, 5) is 0. The first-order valence-electron chi connectivity index (χ1n) is 53.5. The Bertz CT molecular complexity index is 6120. The summed E-state index contributed by atoms with van der Waals surface area (Å²) in [7, 11) is 0. The normalized spacial score (nSPS) is 23.4. The first-order chi connectivity index (χ1) is 64.8. The Morgan fingerprint density at radius 3 is 0.865 bits per heavy atom. The molecule has 0 spiro atoms. The van der Waals surface area contributed by atoms with E-state index in [4.69, 9.17) is 1.37 Å². The molecule has 0 bridgehead atoms. The monoisotopic (exact) mass is 1780 g/mol. The fourth-order valence-corrected chi connectivity index (χ4v) is 27.5. The van der Waals surface area contributed by atoms with E-state index in [2.05, 4.69) is 356 Å². The molecular weight excluding hydrogens is 1620 g/mol. The third kappa shape index (κ3) is 16.9. The fraction of sp³-hybridized carbons (Fsp3) is 0.504. The second-order valence-electron chi connectivity index (χ2n) is 43.8. The Morgan fingerprint density at radius 1 is 0.263 bits per heavy atom. The molecule has 7 saturated carbocycles. The zero-order chi connectivity index (χ0) is 93.1. The standard InChI is InChI=1S/C27H37N2.C27H31N2.C26H35N2.C22H29N2.C21H27N2/c2*1-20-12-10-11-17-24(20)28-21(2)25-18-19-27(3,23-15-8-5-9-16-23)29(25)26(28)22-13-6-4-7-14-22;1-19-11-7-10-16-23(19)27-20(2)24-17-18-26(3,22-14-8-9-15-22)28(24)25(27)21-12-5-4-6-13-21;1-16-10-8-9-13-19(16)23-17(2)20-14-15-22(3,4)24(20)21(23)18-11-6-5-7-12-18;1-15-9-7-8-12-19(15)23-17(3)20-14-13-16(2)22(20)21(23)18-10-5-4-6-11-18/h10-12,17-19,22-23H,4-9,13-16H2,1-3H3;5,8-12,15-19,22H,4,6-7,13-14H2,1-3H3;7,10-11,16-18,21-22H,4-6,8-9,12-15H2,1-3H3;8-10,13-15,18H,5-7,11-12H2,1-4H3;7-9,12-14,16,18H,4-6,10-11H2,1-3H3/q5*+1/i;;;;16D. The quantitative estimate of drug-likeness (QED) is 0.103. The highest BCUT2D eigenvalue weighted by Crippen LogP contribution is 2.49. The predicted molar refractivity (Wildman–Crippen MR) is 551 cm³/mol. The van der Waals surface area contributed by atoms with Crippen LogP contribution in [-0.2, 0) is 22.2 Å². The van der Waals surface area contributed by atoms with Crippen LogP contribution in [0.15, 0.2) is 182 Å². The number of imidazole rings is 5. The van der Waals surface area contributed by atoms with Crippen molar-refractivity contribution in [1.29, 1.82) is 0 Å². The second kappa shape index (κ2) is 38.7. The van der Waals surface area contributed by atoms with Gasteiger partial charge in [-0.05, 0) is 285 Å². The molecule has 6 aromatic carbocycles.